The molecular formula is C19H26ClN7. The Labute approximate surface area is 164 Å². The maximum Gasteiger partial charge on any atom is 0.154 e. The Morgan fingerprint density at radius 2 is 2.07 bits per heavy atom. The van der Waals surface area contributed by atoms with Crippen LogP contribution in [0.3, 0.4) is 0 Å². The van der Waals surface area contributed by atoms with E-state index >= 15 is 0 Å². The first-order valence-corrected chi connectivity index (χ1v) is 9.39. The van der Waals surface area contributed by atoms with Gasteiger partial charge in [0.25, 0.3) is 0 Å². The van der Waals surface area contributed by atoms with Crippen molar-refractivity contribution in [2.75, 3.05) is 42.6 Å². The minimum atomic E-state index is 0.156. The van der Waals surface area contributed by atoms with Gasteiger partial charge in [-0.15, -0.1) is 0 Å². The summed E-state index contributed by atoms with van der Waals surface area (Å²) in [6.07, 6.45) is 3.70. The van der Waals surface area contributed by atoms with Crippen molar-refractivity contribution in [1.82, 2.24) is 9.97 Å². The zero-order chi connectivity index (χ0) is 19.6. The molecule has 0 aliphatic carbocycles. The summed E-state index contributed by atoms with van der Waals surface area (Å²) in [7, 11) is 1.78. The van der Waals surface area contributed by atoms with Crippen LogP contribution in [0, 0.1) is 10.8 Å². The van der Waals surface area contributed by atoms with Crippen molar-refractivity contribution >= 4 is 34.6 Å². The number of aromatic nitrogens is 2. The van der Waals surface area contributed by atoms with Gasteiger partial charge in [0.15, 0.2) is 5.82 Å². The third kappa shape index (κ3) is 3.84. The van der Waals surface area contributed by atoms with E-state index in [1.807, 2.05) is 12.1 Å². The van der Waals surface area contributed by atoms with E-state index < -0.39 is 0 Å². The second-order valence-corrected chi connectivity index (χ2v) is 7.63. The molecule has 0 amide bonds. The van der Waals surface area contributed by atoms with Gasteiger partial charge < -0.3 is 21.7 Å². The minimum Gasteiger partial charge on any atom is -0.387 e. The number of nitrogen functional groups attached to an aromatic ring is 1. The van der Waals surface area contributed by atoms with Crippen LogP contribution in [0.1, 0.15) is 31.0 Å². The topological polar surface area (TPSA) is 117 Å². The van der Waals surface area contributed by atoms with Crippen LogP contribution >= 0.6 is 11.6 Å². The van der Waals surface area contributed by atoms with Gasteiger partial charge in [-0.1, -0.05) is 30.7 Å². The highest BCUT2D eigenvalue weighted by Gasteiger charge is 2.29. The molecular weight excluding hydrogens is 362 g/mol. The van der Waals surface area contributed by atoms with Crippen LogP contribution in [0.2, 0.25) is 5.02 Å². The lowest BCUT2D eigenvalue weighted by Gasteiger charge is -2.39. The van der Waals surface area contributed by atoms with Gasteiger partial charge in [-0.05, 0) is 30.9 Å². The van der Waals surface area contributed by atoms with Gasteiger partial charge in [-0.25, -0.2) is 9.97 Å². The van der Waals surface area contributed by atoms with Crippen molar-refractivity contribution in [3.63, 3.8) is 0 Å². The van der Waals surface area contributed by atoms with Crippen LogP contribution in [0.15, 0.2) is 24.4 Å². The molecule has 0 saturated carbocycles. The zero-order valence-electron chi connectivity index (χ0n) is 15.7. The Balaban J connectivity index is 1.82. The van der Waals surface area contributed by atoms with Crippen molar-refractivity contribution in [2.45, 2.75) is 19.8 Å². The van der Waals surface area contributed by atoms with E-state index in [9.17, 15) is 0 Å². The number of nitrogens with zero attached hydrogens (tertiary/aromatic N) is 3. The Bertz CT molecular complexity index is 844. The van der Waals surface area contributed by atoms with Crippen LogP contribution in [0.4, 0.5) is 17.3 Å². The maximum absolute atomic E-state index is 8.49. The van der Waals surface area contributed by atoms with Gasteiger partial charge in [0.1, 0.15) is 11.5 Å². The average molecular weight is 388 g/mol. The molecule has 0 bridgehead atoms. The molecule has 6 N–H and O–H groups in total. The quantitative estimate of drug-likeness (QED) is 0.586. The first kappa shape index (κ1) is 19.4. The van der Waals surface area contributed by atoms with E-state index in [1.54, 1.807) is 19.3 Å². The highest BCUT2D eigenvalue weighted by atomic mass is 35.5. The molecule has 1 aliphatic heterocycles. The molecule has 8 heteroatoms. The van der Waals surface area contributed by atoms with Crippen molar-refractivity contribution in [3.8, 4) is 0 Å². The number of nitrogens with two attached hydrogens (primary N) is 2. The van der Waals surface area contributed by atoms with Crippen LogP contribution in [0.5, 0.6) is 0 Å². The van der Waals surface area contributed by atoms with E-state index in [0.717, 1.165) is 37.4 Å². The molecule has 1 fully saturated rings. The van der Waals surface area contributed by atoms with E-state index in [-0.39, 0.29) is 16.9 Å². The molecule has 1 saturated heterocycles. The Hall–Kier alpha value is -2.38. The normalized spacial score (nSPS) is 16.2. The SMILES string of the molecule is CNc1cccc(C(=N)c2ncc(N3CCC(C)(CN)CC3)nc2N)c1Cl. The van der Waals surface area contributed by atoms with Crippen LogP contribution < -0.4 is 21.7 Å². The zero-order valence-corrected chi connectivity index (χ0v) is 16.5. The first-order valence-electron chi connectivity index (χ1n) is 9.01. The summed E-state index contributed by atoms with van der Waals surface area (Å²) in [5, 5.41) is 12.0. The van der Waals surface area contributed by atoms with Gasteiger partial charge in [0.05, 0.1) is 22.6 Å². The summed E-state index contributed by atoms with van der Waals surface area (Å²) < 4.78 is 0. The van der Waals surface area contributed by atoms with Gasteiger partial charge in [-0.3, -0.25) is 5.41 Å². The standard InChI is InChI=1S/C19H26ClN7/c1-19(11-21)6-8-27(9-7-19)14-10-25-17(18(23)26-14)16(22)12-4-3-5-13(24-2)15(12)20/h3-5,10,22,24H,6-9,11,21H2,1-2H3,(H2,23,26). The van der Waals surface area contributed by atoms with Gasteiger partial charge >= 0.3 is 0 Å². The van der Waals surface area contributed by atoms with Crippen molar-refractivity contribution < 1.29 is 0 Å². The van der Waals surface area contributed by atoms with Gasteiger partial charge in [0.2, 0.25) is 0 Å². The van der Waals surface area contributed by atoms with Gasteiger partial charge in [-0.2, -0.15) is 0 Å². The summed E-state index contributed by atoms with van der Waals surface area (Å²) in [6.45, 7) is 4.65. The van der Waals surface area contributed by atoms with Gasteiger partial charge in [0, 0.05) is 25.7 Å². The monoisotopic (exact) mass is 387 g/mol. The number of hydrogen-bond donors (Lipinski definition) is 4. The third-order valence-corrected chi connectivity index (χ3v) is 5.76. The van der Waals surface area contributed by atoms with Crippen molar-refractivity contribution in [2.24, 2.45) is 11.1 Å². The molecule has 1 aromatic heterocycles. The second kappa shape index (κ2) is 7.70. The lowest BCUT2D eigenvalue weighted by molar-refractivity contribution is 0.258. The molecule has 2 aromatic rings. The fourth-order valence-corrected chi connectivity index (χ4v) is 3.58. The van der Waals surface area contributed by atoms with E-state index in [0.29, 0.717) is 22.8 Å². The summed E-state index contributed by atoms with van der Waals surface area (Å²) in [5.41, 5.74) is 14.0. The highest BCUT2D eigenvalue weighted by Crippen LogP contribution is 2.32. The van der Waals surface area contributed by atoms with Crippen LogP contribution in [0.25, 0.3) is 0 Å². The number of halogens is 1. The number of nitrogens with one attached hydrogen (secondary N) is 2. The Morgan fingerprint density at radius 1 is 1.37 bits per heavy atom. The predicted octanol–water partition coefficient (Wildman–Crippen LogP) is 2.74. The number of piperidine rings is 1. The van der Waals surface area contributed by atoms with Crippen LogP contribution in [-0.4, -0.2) is 42.4 Å². The second-order valence-electron chi connectivity index (χ2n) is 7.26. The summed E-state index contributed by atoms with van der Waals surface area (Å²) >= 11 is 6.39. The molecule has 0 spiro atoms. The fourth-order valence-electron chi connectivity index (χ4n) is 3.26. The first-order chi connectivity index (χ1) is 12.9. The molecule has 27 heavy (non-hydrogen) atoms. The molecule has 0 atom stereocenters. The minimum absolute atomic E-state index is 0.156. The summed E-state index contributed by atoms with van der Waals surface area (Å²) in [5.74, 6) is 0.966. The number of hydrogen-bond acceptors (Lipinski definition) is 7. The smallest absolute Gasteiger partial charge is 0.154 e. The summed E-state index contributed by atoms with van der Waals surface area (Å²) in [6, 6.07) is 5.46. The third-order valence-electron chi connectivity index (χ3n) is 5.35. The molecule has 3 rings (SSSR count). The Kier molecular flexibility index (Phi) is 5.53. The molecule has 1 aliphatic rings. The van der Waals surface area contributed by atoms with E-state index in [2.05, 4.69) is 27.1 Å². The Morgan fingerprint density at radius 3 is 2.67 bits per heavy atom. The molecule has 0 radical (unpaired) electrons. The fraction of sp³-hybridized carbons (Fsp3) is 0.421. The van der Waals surface area contributed by atoms with E-state index in [4.69, 9.17) is 28.5 Å². The predicted molar refractivity (Wildman–Crippen MR) is 112 cm³/mol. The maximum atomic E-state index is 8.49. The molecule has 0 unspecified atom stereocenters. The highest BCUT2D eigenvalue weighted by molar-refractivity contribution is 6.37. The van der Waals surface area contributed by atoms with Crippen molar-refractivity contribution in [3.05, 3.63) is 40.7 Å². The lowest BCUT2D eigenvalue weighted by Crippen LogP contribution is -2.42. The number of anilines is 3. The summed E-state index contributed by atoms with van der Waals surface area (Å²) in [4.78, 5) is 11.1. The molecule has 144 valence electrons. The van der Waals surface area contributed by atoms with E-state index in [1.165, 1.54) is 0 Å². The van der Waals surface area contributed by atoms with Crippen LogP contribution in [-0.2, 0) is 0 Å². The molecule has 7 nitrogen and oxygen atoms in total. The largest absolute Gasteiger partial charge is 0.387 e. The van der Waals surface area contributed by atoms with Crippen molar-refractivity contribution in [1.29, 1.82) is 5.41 Å². The average Bonchev–Trinajstić information content (AvgIpc) is 2.68. The lowest BCUT2D eigenvalue weighted by atomic mass is 9.80. The number of benzene rings is 1. The number of rotatable bonds is 5. The molecule has 1 aromatic carbocycles. The molecule has 2 heterocycles.